The van der Waals surface area contributed by atoms with Crippen LogP contribution in [0.1, 0.15) is 57.3 Å². The summed E-state index contributed by atoms with van der Waals surface area (Å²) in [4.78, 5) is 28.0. The van der Waals surface area contributed by atoms with E-state index < -0.39 is 6.04 Å². The lowest BCUT2D eigenvalue weighted by molar-refractivity contribution is -0.119. The van der Waals surface area contributed by atoms with Gasteiger partial charge >= 0.3 is 0 Å². The smallest absolute Gasteiger partial charge is 0.228 e. The highest BCUT2D eigenvalue weighted by molar-refractivity contribution is 6.05. The molecule has 0 radical (unpaired) electrons. The summed E-state index contributed by atoms with van der Waals surface area (Å²) in [6.45, 7) is 2.07. The molecule has 1 aliphatic heterocycles. The Morgan fingerprint density at radius 2 is 2.07 bits per heavy atom. The van der Waals surface area contributed by atoms with Crippen molar-refractivity contribution in [1.29, 1.82) is 0 Å². The van der Waals surface area contributed by atoms with Crippen LogP contribution in [0.25, 0.3) is 0 Å². The molecule has 1 aromatic carbocycles. The molecule has 140 valence electrons. The van der Waals surface area contributed by atoms with E-state index in [0.717, 1.165) is 42.8 Å². The number of hydrogen-bond donors (Lipinski definition) is 1. The number of ketones is 1. The molecule has 5 nitrogen and oxygen atoms in total. The molecule has 5 heteroatoms. The van der Waals surface area contributed by atoms with E-state index in [2.05, 4.69) is 12.2 Å². The van der Waals surface area contributed by atoms with E-state index in [1.54, 1.807) is 11.2 Å². The van der Waals surface area contributed by atoms with E-state index in [9.17, 15) is 9.59 Å². The predicted octanol–water partition coefficient (Wildman–Crippen LogP) is 4.98. The number of furan rings is 1. The summed E-state index contributed by atoms with van der Waals surface area (Å²) < 4.78 is 5.72. The number of nitrogens with zero attached hydrogens (tertiary/aromatic N) is 1. The van der Waals surface area contributed by atoms with Crippen molar-refractivity contribution in [3.8, 4) is 0 Å². The molecule has 27 heavy (non-hydrogen) atoms. The monoisotopic (exact) mass is 364 g/mol. The first kappa shape index (κ1) is 17.6. The van der Waals surface area contributed by atoms with Gasteiger partial charge in [0.05, 0.1) is 17.6 Å². The molecule has 1 aliphatic carbocycles. The van der Waals surface area contributed by atoms with E-state index >= 15 is 0 Å². The highest BCUT2D eigenvalue weighted by Gasteiger charge is 2.40. The van der Waals surface area contributed by atoms with E-state index in [1.165, 1.54) is 0 Å². The normalized spacial score (nSPS) is 19.2. The number of amides is 1. The lowest BCUT2D eigenvalue weighted by Crippen LogP contribution is -2.37. The van der Waals surface area contributed by atoms with Crippen molar-refractivity contribution >= 4 is 23.1 Å². The quantitative estimate of drug-likeness (QED) is 0.831. The number of allylic oxidation sites excluding steroid dienone is 1. The van der Waals surface area contributed by atoms with Crippen LogP contribution in [-0.4, -0.2) is 11.7 Å². The van der Waals surface area contributed by atoms with Crippen LogP contribution in [-0.2, 0) is 9.59 Å². The molecule has 1 unspecified atom stereocenters. The molecule has 0 saturated heterocycles. The Hall–Kier alpha value is -2.82. The van der Waals surface area contributed by atoms with Gasteiger partial charge in [0.25, 0.3) is 0 Å². The highest BCUT2D eigenvalue weighted by Crippen LogP contribution is 2.45. The van der Waals surface area contributed by atoms with Crippen molar-refractivity contribution in [1.82, 2.24) is 0 Å². The second-order valence-corrected chi connectivity index (χ2v) is 7.10. The topological polar surface area (TPSA) is 62.6 Å². The number of anilines is 2. The maximum Gasteiger partial charge on any atom is 0.228 e. The summed E-state index contributed by atoms with van der Waals surface area (Å²) >= 11 is 0. The van der Waals surface area contributed by atoms with Crippen LogP contribution in [0.4, 0.5) is 11.4 Å². The second kappa shape index (κ2) is 7.43. The van der Waals surface area contributed by atoms with E-state index in [4.69, 9.17) is 4.42 Å². The van der Waals surface area contributed by atoms with Crippen LogP contribution in [0.2, 0.25) is 0 Å². The van der Waals surface area contributed by atoms with Gasteiger partial charge in [0.2, 0.25) is 5.91 Å². The second-order valence-electron chi connectivity index (χ2n) is 7.10. The minimum atomic E-state index is -0.525. The van der Waals surface area contributed by atoms with Crippen molar-refractivity contribution in [2.75, 3.05) is 10.2 Å². The molecule has 4 rings (SSSR count). The molecule has 1 N–H and O–H groups in total. The fourth-order valence-electron chi connectivity index (χ4n) is 3.97. The molecule has 1 aromatic heterocycles. The molecule has 2 aromatic rings. The molecule has 2 heterocycles. The SMILES string of the molecule is CCCCC(=O)N1c2ccccc2NC2=C(C(=O)CCC2)C1c1ccco1. The molecule has 1 atom stereocenters. The van der Waals surface area contributed by atoms with Gasteiger partial charge in [-0.2, -0.15) is 0 Å². The third kappa shape index (κ3) is 3.18. The molecular weight excluding hydrogens is 340 g/mol. The number of carbonyl (C=O) groups is 2. The summed E-state index contributed by atoms with van der Waals surface area (Å²) in [6, 6.07) is 10.9. The number of fused-ring (bicyclic) bond motifs is 1. The van der Waals surface area contributed by atoms with E-state index in [-0.39, 0.29) is 11.7 Å². The molecule has 0 fully saturated rings. The van der Waals surface area contributed by atoms with Gasteiger partial charge in [-0.1, -0.05) is 25.5 Å². The lowest BCUT2D eigenvalue weighted by atomic mass is 9.88. The highest BCUT2D eigenvalue weighted by atomic mass is 16.3. The van der Waals surface area contributed by atoms with Crippen molar-refractivity contribution in [3.05, 3.63) is 59.7 Å². The average Bonchev–Trinajstić information content (AvgIpc) is 3.15. The van der Waals surface area contributed by atoms with Gasteiger partial charge in [-0.3, -0.25) is 14.5 Å². The Morgan fingerprint density at radius 1 is 1.22 bits per heavy atom. The predicted molar refractivity (Wildman–Crippen MR) is 104 cm³/mol. The lowest BCUT2D eigenvalue weighted by Gasteiger charge is -2.32. The van der Waals surface area contributed by atoms with Crippen LogP contribution in [0, 0.1) is 0 Å². The molecule has 1 amide bonds. The van der Waals surface area contributed by atoms with Gasteiger partial charge < -0.3 is 9.73 Å². The molecule has 2 aliphatic rings. The first-order chi connectivity index (χ1) is 13.2. The van der Waals surface area contributed by atoms with Crippen LogP contribution in [0.3, 0.4) is 0 Å². The van der Waals surface area contributed by atoms with Crippen molar-refractivity contribution in [2.45, 2.75) is 51.5 Å². The van der Waals surface area contributed by atoms with Gasteiger partial charge in [0.15, 0.2) is 5.78 Å². The molecule has 0 spiro atoms. The van der Waals surface area contributed by atoms with Crippen molar-refractivity contribution < 1.29 is 14.0 Å². The first-order valence-electron chi connectivity index (χ1n) is 9.68. The Bertz CT molecular complexity index is 883. The fraction of sp³-hybridized carbons (Fsp3) is 0.364. The minimum absolute atomic E-state index is 0.0135. The Labute approximate surface area is 159 Å². The fourth-order valence-corrected chi connectivity index (χ4v) is 3.97. The Morgan fingerprint density at radius 3 is 2.85 bits per heavy atom. The summed E-state index contributed by atoms with van der Waals surface area (Å²) in [5.74, 6) is 0.729. The number of hydrogen-bond acceptors (Lipinski definition) is 4. The summed E-state index contributed by atoms with van der Waals surface area (Å²) in [5, 5.41) is 3.45. The van der Waals surface area contributed by atoms with Gasteiger partial charge in [0, 0.05) is 24.1 Å². The number of carbonyl (C=O) groups excluding carboxylic acids is 2. The van der Waals surface area contributed by atoms with Gasteiger partial charge in [-0.05, 0) is 43.5 Å². The number of benzene rings is 1. The molecular formula is C22H24N2O3. The van der Waals surface area contributed by atoms with Gasteiger partial charge in [-0.15, -0.1) is 0 Å². The Balaban J connectivity index is 1.92. The van der Waals surface area contributed by atoms with E-state index in [0.29, 0.717) is 24.2 Å². The summed E-state index contributed by atoms with van der Waals surface area (Å²) in [6.07, 6.45) is 5.92. The van der Waals surface area contributed by atoms with Crippen LogP contribution in [0.5, 0.6) is 0 Å². The van der Waals surface area contributed by atoms with Gasteiger partial charge in [-0.25, -0.2) is 0 Å². The number of unbranched alkanes of at least 4 members (excludes halogenated alkanes) is 1. The third-order valence-electron chi connectivity index (χ3n) is 5.26. The van der Waals surface area contributed by atoms with Crippen LogP contribution < -0.4 is 10.2 Å². The van der Waals surface area contributed by atoms with E-state index in [1.807, 2.05) is 36.4 Å². The first-order valence-corrected chi connectivity index (χ1v) is 9.68. The van der Waals surface area contributed by atoms with Crippen LogP contribution >= 0.6 is 0 Å². The van der Waals surface area contributed by atoms with Crippen molar-refractivity contribution in [2.24, 2.45) is 0 Å². The zero-order valence-corrected chi connectivity index (χ0v) is 15.5. The third-order valence-corrected chi connectivity index (χ3v) is 5.26. The average molecular weight is 364 g/mol. The molecule has 0 saturated carbocycles. The summed E-state index contributed by atoms with van der Waals surface area (Å²) in [5.41, 5.74) is 3.23. The standard InChI is InChI=1S/C22H24N2O3/c1-2-3-13-20(26)24-17-10-5-4-8-15(17)23-16-9-6-11-18(25)21(16)22(24)19-12-7-14-27-19/h4-5,7-8,10,12,14,22-23H,2-3,6,9,11,13H2,1H3. The van der Waals surface area contributed by atoms with Gasteiger partial charge in [0.1, 0.15) is 11.8 Å². The Kier molecular flexibility index (Phi) is 4.84. The minimum Gasteiger partial charge on any atom is -0.467 e. The zero-order chi connectivity index (χ0) is 18.8. The molecule has 0 bridgehead atoms. The van der Waals surface area contributed by atoms with Crippen molar-refractivity contribution in [3.63, 3.8) is 0 Å². The number of Topliss-reactive ketones (excluding diaryl/α,β-unsaturated/α-hetero) is 1. The zero-order valence-electron chi connectivity index (χ0n) is 15.5. The summed E-state index contributed by atoms with van der Waals surface area (Å²) in [7, 11) is 0. The number of para-hydroxylation sites is 2. The number of nitrogens with one attached hydrogen (secondary N) is 1. The maximum atomic E-state index is 13.3. The van der Waals surface area contributed by atoms with Crippen LogP contribution in [0.15, 0.2) is 58.3 Å². The number of rotatable bonds is 4. The largest absolute Gasteiger partial charge is 0.467 e. The maximum absolute atomic E-state index is 13.3.